The molecule has 0 aliphatic carbocycles. The highest BCUT2D eigenvalue weighted by Gasteiger charge is 2.47. The van der Waals surface area contributed by atoms with Crippen molar-refractivity contribution < 1.29 is 24.0 Å². The van der Waals surface area contributed by atoms with Crippen LogP contribution in [0.15, 0.2) is 30.3 Å². The van der Waals surface area contributed by atoms with Gasteiger partial charge in [0.15, 0.2) is 0 Å². The molecule has 40 heavy (non-hydrogen) atoms. The monoisotopic (exact) mass is 557 g/mol. The molecule has 12 heteroatoms. The first-order valence-corrected chi connectivity index (χ1v) is 13.9. The fraction of sp³-hybridized carbons (Fsp3) is 0.607. The maximum Gasteiger partial charge on any atom is 0.317 e. The lowest BCUT2D eigenvalue weighted by Gasteiger charge is -2.53. The zero-order valence-corrected chi connectivity index (χ0v) is 23.7. The fourth-order valence-electron chi connectivity index (χ4n) is 5.22. The topological polar surface area (TPSA) is 166 Å². The van der Waals surface area contributed by atoms with Gasteiger partial charge in [-0.05, 0) is 37.2 Å². The quantitative estimate of drug-likeness (QED) is 0.248. The molecule has 2 heterocycles. The average molecular weight is 558 g/mol. The van der Waals surface area contributed by atoms with E-state index in [1.54, 1.807) is 16.8 Å². The van der Waals surface area contributed by atoms with Gasteiger partial charge in [0, 0.05) is 38.6 Å². The number of nitrogens with zero attached hydrogens (tertiary/aromatic N) is 2. The van der Waals surface area contributed by atoms with E-state index in [0.29, 0.717) is 39.0 Å². The molecule has 1 aromatic rings. The molecule has 2 saturated heterocycles. The Bertz CT molecular complexity index is 1050. The van der Waals surface area contributed by atoms with Gasteiger partial charge in [0.2, 0.25) is 23.6 Å². The van der Waals surface area contributed by atoms with Crippen LogP contribution in [0.3, 0.4) is 0 Å². The summed E-state index contributed by atoms with van der Waals surface area (Å²) in [6.45, 7) is 5.93. The lowest BCUT2D eigenvalue weighted by atomic mass is 9.72. The fourth-order valence-corrected chi connectivity index (χ4v) is 5.22. The number of urea groups is 1. The average Bonchev–Trinajstić information content (AvgIpc) is 2.92. The number of nitrogens with one attached hydrogen (secondary N) is 4. The van der Waals surface area contributed by atoms with Gasteiger partial charge in [-0.2, -0.15) is 0 Å². The third-order valence-corrected chi connectivity index (χ3v) is 7.56. The van der Waals surface area contributed by atoms with E-state index in [-0.39, 0.29) is 36.4 Å². The van der Waals surface area contributed by atoms with Gasteiger partial charge in [0.25, 0.3) is 0 Å². The molecule has 6 amide bonds. The van der Waals surface area contributed by atoms with Crippen molar-refractivity contribution >= 4 is 29.7 Å². The molecule has 2 fully saturated rings. The molecule has 1 spiro atoms. The van der Waals surface area contributed by atoms with Crippen LogP contribution in [0.1, 0.15) is 38.7 Å². The number of hydrogen-bond acceptors (Lipinski definition) is 6. The van der Waals surface area contributed by atoms with Crippen LogP contribution >= 0.6 is 0 Å². The van der Waals surface area contributed by atoms with Crippen molar-refractivity contribution in [3.8, 4) is 0 Å². The molecule has 220 valence electrons. The lowest BCUT2D eigenvalue weighted by molar-refractivity contribution is -0.137. The second-order valence-electron chi connectivity index (χ2n) is 11.3. The maximum absolute atomic E-state index is 12.9. The molecule has 6 N–H and O–H groups in total. The van der Waals surface area contributed by atoms with Crippen molar-refractivity contribution in [2.75, 3.05) is 46.3 Å². The highest BCUT2D eigenvalue weighted by molar-refractivity contribution is 5.92. The third-order valence-electron chi connectivity index (χ3n) is 7.56. The van der Waals surface area contributed by atoms with Crippen LogP contribution in [0, 0.1) is 11.3 Å². The van der Waals surface area contributed by atoms with Crippen LogP contribution in [0.4, 0.5) is 4.79 Å². The molecule has 0 saturated carbocycles. The molecule has 0 radical (unpaired) electrons. The summed E-state index contributed by atoms with van der Waals surface area (Å²) in [5.74, 6) is -1.49. The van der Waals surface area contributed by atoms with Gasteiger partial charge in [0.05, 0.1) is 19.1 Å². The van der Waals surface area contributed by atoms with Gasteiger partial charge >= 0.3 is 6.03 Å². The third kappa shape index (κ3) is 8.67. The molecule has 0 bridgehead atoms. The molecule has 1 aromatic carbocycles. The first-order chi connectivity index (χ1) is 19.0. The van der Waals surface area contributed by atoms with Crippen molar-refractivity contribution in [2.24, 2.45) is 17.1 Å². The summed E-state index contributed by atoms with van der Waals surface area (Å²) in [6.07, 6.45) is 2.34. The Kier molecular flexibility index (Phi) is 10.9. The van der Waals surface area contributed by atoms with E-state index >= 15 is 0 Å². The lowest BCUT2D eigenvalue weighted by Crippen LogP contribution is -2.64. The van der Waals surface area contributed by atoms with Crippen LogP contribution in [-0.2, 0) is 25.6 Å². The number of likely N-dealkylation sites (tertiary alicyclic amines) is 2. The summed E-state index contributed by atoms with van der Waals surface area (Å²) in [7, 11) is 1.61. The van der Waals surface area contributed by atoms with E-state index in [4.69, 9.17) is 5.73 Å². The molecule has 12 nitrogen and oxygen atoms in total. The zero-order valence-electron chi connectivity index (χ0n) is 23.7. The number of nitrogens with two attached hydrogens (primary N) is 1. The van der Waals surface area contributed by atoms with E-state index in [2.05, 4.69) is 21.3 Å². The van der Waals surface area contributed by atoms with Gasteiger partial charge in [-0.15, -0.1) is 0 Å². The summed E-state index contributed by atoms with van der Waals surface area (Å²) in [4.78, 5) is 65.8. The van der Waals surface area contributed by atoms with Gasteiger partial charge in [-0.1, -0.05) is 44.2 Å². The van der Waals surface area contributed by atoms with E-state index in [0.717, 1.165) is 18.4 Å². The number of benzene rings is 1. The first kappa shape index (κ1) is 30.9. The minimum Gasteiger partial charge on any atom is -0.346 e. The Balaban J connectivity index is 1.40. The number of carbonyl (C=O) groups excluding carboxylic acids is 5. The van der Waals surface area contributed by atoms with E-state index in [9.17, 15) is 24.0 Å². The minimum atomic E-state index is -0.842. The maximum atomic E-state index is 12.9. The summed E-state index contributed by atoms with van der Waals surface area (Å²) in [5, 5.41) is 10.5. The zero-order chi connectivity index (χ0) is 29.3. The molecule has 2 atom stereocenters. The molecule has 2 aliphatic rings. The number of piperidine rings is 1. The van der Waals surface area contributed by atoms with Crippen molar-refractivity contribution in [2.45, 2.75) is 51.6 Å². The van der Waals surface area contributed by atoms with E-state index in [1.807, 2.05) is 44.2 Å². The standard InChI is InChI=1S/C28H43N7O5/c1-19(2)13-22(33-23(36)15-31-25(38)21(29)14-20-7-5-4-6-8-20)26(39)32-16-24(37)34-11-9-28(10-12-34)17-35(18-28)27(40)30-3/h4-8,19,21-22H,9-18,29H2,1-3H3,(H,30,40)(H,31,38)(H,32,39)(H,33,36). The predicted molar refractivity (Wildman–Crippen MR) is 150 cm³/mol. The molecular weight excluding hydrogens is 514 g/mol. The smallest absolute Gasteiger partial charge is 0.317 e. The van der Waals surface area contributed by atoms with Crippen molar-refractivity contribution in [3.63, 3.8) is 0 Å². The number of carbonyl (C=O) groups is 5. The summed E-state index contributed by atoms with van der Waals surface area (Å²) < 4.78 is 0. The SMILES string of the molecule is CNC(=O)N1CC2(CCN(C(=O)CNC(=O)C(CC(C)C)NC(=O)CNC(=O)C(N)Cc3ccccc3)CC2)C1. The van der Waals surface area contributed by atoms with Crippen LogP contribution in [0.5, 0.6) is 0 Å². The van der Waals surface area contributed by atoms with Gasteiger partial charge in [0.1, 0.15) is 6.04 Å². The van der Waals surface area contributed by atoms with Gasteiger partial charge in [-0.25, -0.2) is 4.79 Å². The summed E-state index contributed by atoms with van der Waals surface area (Å²) in [5.41, 5.74) is 6.95. The second kappa shape index (κ2) is 14.1. The van der Waals surface area contributed by atoms with Crippen LogP contribution in [-0.4, -0.2) is 97.9 Å². The Labute approximate surface area is 235 Å². The first-order valence-electron chi connectivity index (χ1n) is 13.9. The van der Waals surface area contributed by atoms with Crippen molar-refractivity contribution in [1.29, 1.82) is 0 Å². The molecule has 2 unspecified atom stereocenters. The van der Waals surface area contributed by atoms with Crippen LogP contribution in [0.2, 0.25) is 0 Å². The molecule has 0 aromatic heterocycles. The van der Waals surface area contributed by atoms with Crippen LogP contribution < -0.4 is 27.0 Å². The number of amides is 6. The number of rotatable bonds is 11. The van der Waals surface area contributed by atoms with Gasteiger partial charge < -0.3 is 36.8 Å². The molecule has 2 aliphatic heterocycles. The summed E-state index contributed by atoms with van der Waals surface area (Å²) >= 11 is 0. The molecule has 3 rings (SSSR count). The Morgan fingerprint density at radius 1 is 0.925 bits per heavy atom. The van der Waals surface area contributed by atoms with E-state index < -0.39 is 29.8 Å². The van der Waals surface area contributed by atoms with Crippen molar-refractivity contribution in [3.05, 3.63) is 35.9 Å². The van der Waals surface area contributed by atoms with Gasteiger partial charge in [-0.3, -0.25) is 19.2 Å². The largest absolute Gasteiger partial charge is 0.346 e. The highest BCUT2D eigenvalue weighted by atomic mass is 16.2. The Morgan fingerprint density at radius 3 is 2.15 bits per heavy atom. The van der Waals surface area contributed by atoms with Crippen molar-refractivity contribution in [1.82, 2.24) is 31.1 Å². The Morgan fingerprint density at radius 2 is 1.55 bits per heavy atom. The van der Waals surface area contributed by atoms with E-state index in [1.165, 1.54) is 0 Å². The number of hydrogen-bond donors (Lipinski definition) is 5. The Hall–Kier alpha value is -3.67. The van der Waals surface area contributed by atoms with Crippen LogP contribution in [0.25, 0.3) is 0 Å². The minimum absolute atomic E-state index is 0.0695. The molecular formula is C28H43N7O5. The highest BCUT2D eigenvalue weighted by Crippen LogP contribution is 2.40. The second-order valence-corrected chi connectivity index (χ2v) is 11.3. The predicted octanol–water partition coefficient (Wildman–Crippen LogP) is -0.416. The normalized spacial score (nSPS) is 17.4. The summed E-state index contributed by atoms with van der Waals surface area (Å²) in [6, 6.07) is 7.62.